The van der Waals surface area contributed by atoms with E-state index >= 15 is 0 Å². The lowest BCUT2D eigenvalue weighted by molar-refractivity contribution is -0.288. The maximum Gasteiger partial charge on any atom is 0.303 e. The van der Waals surface area contributed by atoms with Crippen LogP contribution in [0.4, 0.5) is 0 Å². The van der Waals surface area contributed by atoms with Crippen LogP contribution in [0.2, 0.25) is 0 Å². The number of benzene rings is 3. The average Bonchev–Trinajstić information content (AvgIpc) is 3.00. The van der Waals surface area contributed by atoms with Gasteiger partial charge in [-0.25, -0.2) is 0 Å². The fourth-order valence-electron chi connectivity index (χ4n) is 5.39. The van der Waals surface area contributed by atoms with Gasteiger partial charge in [-0.15, -0.1) is 0 Å². The topological polar surface area (TPSA) is 153 Å². The Morgan fingerprint density at radius 3 is 2.02 bits per heavy atom. The molecule has 256 valence electrons. The van der Waals surface area contributed by atoms with E-state index < -0.39 is 61.2 Å². The number of hydrogen-bond acceptors (Lipinski definition) is 12. The van der Waals surface area contributed by atoms with Crippen molar-refractivity contribution in [2.45, 2.75) is 85.3 Å². The average molecular weight is 665 g/mol. The maximum absolute atomic E-state index is 12.4. The Morgan fingerprint density at radius 1 is 0.750 bits per heavy atom. The van der Waals surface area contributed by atoms with E-state index in [-0.39, 0.29) is 12.4 Å². The molecule has 1 heterocycles. The van der Waals surface area contributed by atoms with Crippen LogP contribution in [-0.4, -0.2) is 66.3 Å². The van der Waals surface area contributed by atoms with Gasteiger partial charge in [-0.3, -0.25) is 19.2 Å². The zero-order valence-corrected chi connectivity index (χ0v) is 27.7. The molecule has 0 saturated carbocycles. The Kier molecular flexibility index (Phi) is 12.0. The highest BCUT2D eigenvalue weighted by Gasteiger charge is 2.53. The number of aryl methyl sites for hydroxylation is 2. The molecule has 0 radical (unpaired) electrons. The zero-order chi connectivity index (χ0) is 35.0. The third-order valence-corrected chi connectivity index (χ3v) is 7.54. The van der Waals surface area contributed by atoms with Gasteiger partial charge in [0.2, 0.25) is 12.4 Å². The molecule has 1 N–H and O–H groups in total. The van der Waals surface area contributed by atoms with Gasteiger partial charge >= 0.3 is 23.9 Å². The lowest BCUT2D eigenvalue weighted by Crippen LogP contribution is -2.63. The molecule has 1 saturated heterocycles. The SMILES string of the molecule is CC(=O)OC[C@H]1O[C@@H](Oc2cc(OCc3ccccc3)cc(C)c2Cc2ccc(O)cc2C)[C@H](OC(C)=O)[C@@H](OC(C)=O)[C@@H]1OC(C)=O. The van der Waals surface area contributed by atoms with Gasteiger partial charge in [-0.05, 0) is 54.3 Å². The lowest BCUT2D eigenvalue weighted by Gasteiger charge is -2.44. The van der Waals surface area contributed by atoms with Crippen LogP contribution in [-0.2, 0) is 55.9 Å². The zero-order valence-electron chi connectivity index (χ0n) is 27.7. The summed E-state index contributed by atoms with van der Waals surface area (Å²) >= 11 is 0. The number of aromatic hydroxyl groups is 1. The van der Waals surface area contributed by atoms with Crippen molar-refractivity contribution >= 4 is 23.9 Å². The standard InChI is InChI=1S/C36H40O12/c1-20-14-28(41)13-12-27(20)16-30-21(2)15-29(43-18-26-10-8-7-9-11-26)17-31(30)47-36-35(46-25(6)40)34(45-24(5)39)33(44-23(4)38)32(48-36)19-42-22(3)37/h7-15,17,32-36,41H,16,18-19H2,1-6H3/t32-,33-,34+,35-,36-/m1/s1. The smallest absolute Gasteiger partial charge is 0.303 e. The van der Waals surface area contributed by atoms with Gasteiger partial charge in [-0.1, -0.05) is 36.4 Å². The van der Waals surface area contributed by atoms with E-state index in [4.69, 9.17) is 33.2 Å². The Bertz CT molecular complexity index is 1620. The molecule has 48 heavy (non-hydrogen) atoms. The molecule has 0 spiro atoms. The number of rotatable bonds is 12. The van der Waals surface area contributed by atoms with Crippen LogP contribution in [0.1, 0.15) is 55.5 Å². The summed E-state index contributed by atoms with van der Waals surface area (Å²) in [5, 5.41) is 9.99. The molecule has 0 amide bonds. The van der Waals surface area contributed by atoms with Gasteiger partial charge in [0, 0.05) is 45.7 Å². The normalized spacial score (nSPS) is 20.2. The summed E-state index contributed by atoms with van der Waals surface area (Å²) in [7, 11) is 0. The molecule has 0 aliphatic carbocycles. The number of carbonyl (C=O) groups excluding carboxylic acids is 4. The minimum atomic E-state index is -1.44. The Morgan fingerprint density at radius 2 is 1.40 bits per heavy atom. The minimum absolute atomic E-state index is 0.131. The van der Waals surface area contributed by atoms with Crippen molar-refractivity contribution in [2.75, 3.05) is 6.61 Å². The monoisotopic (exact) mass is 664 g/mol. The van der Waals surface area contributed by atoms with Crippen LogP contribution < -0.4 is 9.47 Å². The summed E-state index contributed by atoms with van der Waals surface area (Å²) in [5.41, 5.74) is 4.22. The summed E-state index contributed by atoms with van der Waals surface area (Å²) in [6.45, 7) is 8.31. The van der Waals surface area contributed by atoms with Crippen molar-refractivity contribution in [3.05, 3.63) is 88.5 Å². The maximum atomic E-state index is 12.4. The van der Waals surface area contributed by atoms with Crippen molar-refractivity contribution in [2.24, 2.45) is 0 Å². The third kappa shape index (κ3) is 9.71. The molecule has 1 aliphatic rings. The van der Waals surface area contributed by atoms with Crippen LogP contribution in [0.5, 0.6) is 17.2 Å². The fraction of sp³-hybridized carbons (Fsp3) is 0.389. The highest BCUT2D eigenvalue weighted by atomic mass is 16.7. The van der Waals surface area contributed by atoms with Gasteiger partial charge in [0.05, 0.1) is 0 Å². The molecule has 12 heteroatoms. The molecule has 5 atom stereocenters. The van der Waals surface area contributed by atoms with Crippen LogP contribution in [0.15, 0.2) is 60.7 Å². The van der Waals surface area contributed by atoms with E-state index in [2.05, 4.69) is 0 Å². The summed E-state index contributed by atoms with van der Waals surface area (Å²) in [4.78, 5) is 48.6. The van der Waals surface area contributed by atoms with Crippen LogP contribution >= 0.6 is 0 Å². The summed E-state index contributed by atoms with van der Waals surface area (Å²) < 4.78 is 40.7. The van der Waals surface area contributed by atoms with E-state index in [0.29, 0.717) is 17.9 Å². The second kappa shape index (κ2) is 16.1. The van der Waals surface area contributed by atoms with Gasteiger partial charge in [0.25, 0.3) is 0 Å². The molecular weight excluding hydrogens is 624 g/mol. The van der Waals surface area contributed by atoms with E-state index in [0.717, 1.165) is 48.6 Å². The second-order valence-corrected chi connectivity index (χ2v) is 11.5. The van der Waals surface area contributed by atoms with Gasteiger partial charge in [0.15, 0.2) is 12.2 Å². The molecular formula is C36H40O12. The second-order valence-electron chi connectivity index (χ2n) is 11.5. The summed E-state index contributed by atoms with van der Waals surface area (Å²) in [6.07, 6.45) is -6.37. The van der Waals surface area contributed by atoms with Crippen LogP contribution in [0, 0.1) is 13.8 Å². The largest absolute Gasteiger partial charge is 0.508 e. The highest BCUT2D eigenvalue weighted by Crippen LogP contribution is 2.36. The predicted molar refractivity (Wildman–Crippen MR) is 170 cm³/mol. The summed E-state index contributed by atoms with van der Waals surface area (Å²) in [6, 6.07) is 18.2. The molecule has 3 aromatic carbocycles. The fourth-order valence-corrected chi connectivity index (χ4v) is 5.39. The summed E-state index contributed by atoms with van der Waals surface area (Å²) in [5.74, 6) is -1.96. The lowest BCUT2D eigenvalue weighted by atomic mass is 9.95. The Balaban J connectivity index is 1.80. The molecule has 12 nitrogen and oxygen atoms in total. The molecule has 3 aromatic rings. The van der Waals surface area contributed by atoms with Crippen molar-refractivity contribution in [1.82, 2.24) is 0 Å². The van der Waals surface area contributed by atoms with Crippen molar-refractivity contribution in [3.8, 4) is 17.2 Å². The minimum Gasteiger partial charge on any atom is -0.508 e. The Hall–Kier alpha value is -5.10. The van der Waals surface area contributed by atoms with Gasteiger partial charge in [0.1, 0.15) is 36.6 Å². The van der Waals surface area contributed by atoms with Crippen molar-refractivity contribution < 1.29 is 57.4 Å². The van der Waals surface area contributed by atoms with Crippen LogP contribution in [0.25, 0.3) is 0 Å². The first kappa shape index (κ1) is 35.7. The number of hydrogen-bond donors (Lipinski definition) is 1. The molecule has 0 bridgehead atoms. The molecule has 1 aliphatic heterocycles. The van der Waals surface area contributed by atoms with E-state index in [1.54, 1.807) is 18.2 Å². The van der Waals surface area contributed by atoms with Gasteiger partial charge < -0.3 is 38.3 Å². The predicted octanol–water partition coefficient (Wildman–Crippen LogP) is 4.64. The number of esters is 4. The number of carbonyl (C=O) groups is 4. The number of phenolic OH excluding ortho intramolecular Hbond substituents is 1. The first-order valence-electron chi connectivity index (χ1n) is 15.4. The molecule has 1 fully saturated rings. The van der Waals surface area contributed by atoms with E-state index in [1.165, 1.54) is 6.92 Å². The first-order chi connectivity index (χ1) is 22.8. The quantitative estimate of drug-likeness (QED) is 0.212. The first-order valence-corrected chi connectivity index (χ1v) is 15.4. The van der Waals surface area contributed by atoms with E-state index in [1.807, 2.05) is 56.3 Å². The van der Waals surface area contributed by atoms with E-state index in [9.17, 15) is 24.3 Å². The number of phenols is 1. The highest BCUT2D eigenvalue weighted by molar-refractivity contribution is 5.68. The third-order valence-electron chi connectivity index (χ3n) is 7.54. The Labute approximate surface area is 278 Å². The molecule has 0 aromatic heterocycles. The molecule has 0 unspecified atom stereocenters. The van der Waals surface area contributed by atoms with Crippen LogP contribution in [0.3, 0.4) is 0 Å². The molecule has 4 rings (SSSR count). The van der Waals surface area contributed by atoms with Gasteiger partial charge in [-0.2, -0.15) is 0 Å². The van der Waals surface area contributed by atoms with Crippen molar-refractivity contribution in [3.63, 3.8) is 0 Å². The van der Waals surface area contributed by atoms with Crippen molar-refractivity contribution in [1.29, 1.82) is 0 Å². The number of ether oxygens (including phenoxy) is 7.